The van der Waals surface area contributed by atoms with Crippen LogP contribution < -0.4 is 0 Å². The minimum Gasteiger partial charge on any atom is -0.464 e. The summed E-state index contributed by atoms with van der Waals surface area (Å²) in [6.07, 6.45) is 4.60. The van der Waals surface area contributed by atoms with Gasteiger partial charge in [0.1, 0.15) is 13.2 Å². The molecule has 7 nitrogen and oxygen atoms in total. The third-order valence-electron chi connectivity index (χ3n) is 2.12. The van der Waals surface area contributed by atoms with Crippen LogP contribution in [0.1, 0.15) is 19.8 Å². The standard InChI is InChI=1S/C14H24O7/c1-2-20-13(16)11-18-8-4-3-5-10-21-14(17)12-19-9-6-7-15/h3-4,15H,2,5-12H2,1H3/b4-3+. The van der Waals surface area contributed by atoms with Gasteiger partial charge in [-0.3, -0.25) is 0 Å². The molecule has 0 aromatic rings. The molecule has 0 bridgehead atoms. The number of hydrogen-bond acceptors (Lipinski definition) is 7. The second kappa shape index (κ2) is 15.0. The molecule has 0 saturated heterocycles. The zero-order valence-electron chi connectivity index (χ0n) is 12.4. The highest BCUT2D eigenvalue weighted by molar-refractivity contribution is 5.70. The summed E-state index contributed by atoms with van der Waals surface area (Å²) in [6, 6.07) is 0. The van der Waals surface area contributed by atoms with Crippen molar-refractivity contribution in [3.63, 3.8) is 0 Å². The predicted molar refractivity (Wildman–Crippen MR) is 74.7 cm³/mol. The fraction of sp³-hybridized carbons (Fsp3) is 0.714. The Bertz CT molecular complexity index is 302. The van der Waals surface area contributed by atoms with E-state index in [1.54, 1.807) is 19.1 Å². The summed E-state index contributed by atoms with van der Waals surface area (Å²) in [5.41, 5.74) is 0. The number of ether oxygens (including phenoxy) is 4. The van der Waals surface area contributed by atoms with E-state index in [-0.39, 0.29) is 32.4 Å². The smallest absolute Gasteiger partial charge is 0.332 e. The highest BCUT2D eigenvalue weighted by Crippen LogP contribution is 1.90. The van der Waals surface area contributed by atoms with Gasteiger partial charge in [-0.1, -0.05) is 12.2 Å². The third-order valence-corrected chi connectivity index (χ3v) is 2.12. The van der Waals surface area contributed by atoms with Crippen molar-refractivity contribution < 1.29 is 33.6 Å². The van der Waals surface area contributed by atoms with Crippen molar-refractivity contribution in [2.45, 2.75) is 19.8 Å². The average molecular weight is 304 g/mol. The van der Waals surface area contributed by atoms with E-state index in [0.717, 1.165) is 0 Å². The molecule has 0 amide bonds. The van der Waals surface area contributed by atoms with Gasteiger partial charge in [0.05, 0.1) is 19.8 Å². The van der Waals surface area contributed by atoms with E-state index < -0.39 is 5.97 Å². The Morgan fingerprint density at radius 3 is 2.43 bits per heavy atom. The molecule has 0 spiro atoms. The van der Waals surface area contributed by atoms with Crippen molar-refractivity contribution in [3.8, 4) is 0 Å². The van der Waals surface area contributed by atoms with Gasteiger partial charge in [0.15, 0.2) is 0 Å². The van der Waals surface area contributed by atoms with E-state index in [0.29, 0.717) is 32.7 Å². The molecule has 0 aromatic carbocycles. The lowest BCUT2D eigenvalue weighted by atomic mass is 10.4. The predicted octanol–water partition coefficient (Wildman–Crippen LogP) is 0.455. The first-order valence-electron chi connectivity index (χ1n) is 6.93. The lowest BCUT2D eigenvalue weighted by molar-refractivity contribution is -0.149. The molecule has 122 valence electrons. The minimum atomic E-state index is -0.431. The fourth-order valence-corrected chi connectivity index (χ4v) is 1.20. The Morgan fingerprint density at radius 1 is 1.00 bits per heavy atom. The van der Waals surface area contributed by atoms with Crippen LogP contribution in [0.2, 0.25) is 0 Å². The Morgan fingerprint density at radius 2 is 1.71 bits per heavy atom. The quantitative estimate of drug-likeness (QED) is 0.300. The molecule has 0 atom stereocenters. The van der Waals surface area contributed by atoms with Gasteiger partial charge < -0.3 is 24.1 Å². The average Bonchev–Trinajstić information content (AvgIpc) is 2.46. The molecule has 0 heterocycles. The highest BCUT2D eigenvalue weighted by Gasteiger charge is 2.01. The molecule has 0 radical (unpaired) electrons. The maximum atomic E-state index is 11.2. The molecule has 1 N–H and O–H groups in total. The second-order valence-electron chi connectivity index (χ2n) is 3.93. The number of aliphatic hydroxyl groups excluding tert-OH is 1. The van der Waals surface area contributed by atoms with E-state index >= 15 is 0 Å². The Labute approximate surface area is 124 Å². The van der Waals surface area contributed by atoms with Crippen molar-refractivity contribution in [2.24, 2.45) is 0 Å². The topological polar surface area (TPSA) is 91.3 Å². The van der Waals surface area contributed by atoms with Gasteiger partial charge in [0.2, 0.25) is 0 Å². The summed E-state index contributed by atoms with van der Waals surface area (Å²) in [6.45, 7) is 2.84. The number of rotatable bonds is 13. The largest absolute Gasteiger partial charge is 0.464 e. The monoisotopic (exact) mass is 304 g/mol. The number of hydrogen-bond donors (Lipinski definition) is 1. The van der Waals surface area contributed by atoms with Crippen molar-refractivity contribution in [3.05, 3.63) is 12.2 Å². The second-order valence-corrected chi connectivity index (χ2v) is 3.93. The lowest BCUT2D eigenvalue weighted by Crippen LogP contribution is -2.14. The molecule has 0 aliphatic rings. The van der Waals surface area contributed by atoms with Crippen molar-refractivity contribution >= 4 is 11.9 Å². The van der Waals surface area contributed by atoms with Gasteiger partial charge in [-0.15, -0.1) is 0 Å². The van der Waals surface area contributed by atoms with Crippen LogP contribution in [0.15, 0.2) is 12.2 Å². The number of carbonyl (C=O) groups excluding carboxylic acids is 2. The summed E-state index contributed by atoms with van der Waals surface area (Å²) < 4.78 is 19.6. The van der Waals surface area contributed by atoms with Crippen LogP contribution >= 0.6 is 0 Å². The van der Waals surface area contributed by atoms with Crippen LogP contribution in [0.3, 0.4) is 0 Å². The van der Waals surface area contributed by atoms with E-state index in [1.165, 1.54) is 0 Å². The number of carbonyl (C=O) groups is 2. The van der Waals surface area contributed by atoms with Gasteiger partial charge >= 0.3 is 11.9 Å². The molecule has 0 aromatic heterocycles. The van der Waals surface area contributed by atoms with Crippen LogP contribution in [-0.2, 0) is 28.5 Å². The Hall–Kier alpha value is -1.44. The molecular formula is C14H24O7. The molecule has 21 heavy (non-hydrogen) atoms. The maximum Gasteiger partial charge on any atom is 0.332 e. The molecular weight excluding hydrogens is 280 g/mol. The van der Waals surface area contributed by atoms with Crippen molar-refractivity contribution in [1.82, 2.24) is 0 Å². The molecule has 0 fully saturated rings. The van der Waals surface area contributed by atoms with Crippen LogP contribution in [-0.4, -0.2) is 63.3 Å². The Kier molecular flexibility index (Phi) is 13.9. The molecule has 0 rings (SSSR count). The van der Waals surface area contributed by atoms with Crippen LogP contribution in [0.5, 0.6) is 0 Å². The number of esters is 2. The normalized spacial score (nSPS) is 10.8. The zero-order valence-corrected chi connectivity index (χ0v) is 12.4. The summed E-state index contributed by atoms with van der Waals surface area (Å²) in [4.78, 5) is 22.1. The zero-order chi connectivity index (χ0) is 15.8. The molecule has 0 aliphatic heterocycles. The van der Waals surface area contributed by atoms with Crippen molar-refractivity contribution in [2.75, 3.05) is 46.2 Å². The summed E-state index contributed by atoms with van der Waals surface area (Å²) in [5.74, 6) is -0.819. The van der Waals surface area contributed by atoms with E-state index in [2.05, 4.69) is 4.74 Å². The molecule has 7 heteroatoms. The summed E-state index contributed by atoms with van der Waals surface area (Å²) in [7, 11) is 0. The van der Waals surface area contributed by atoms with Crippen molar-refractivity contribution in [1.29, 1.82) is 0 Å². The van der Waals surface area contributed by atoms with Gasteiger partial charge in [0.25, 0.3) is 0 Å². The van der Waals surface area contributed by atoms with Gasteiger partial charge in [-0.2, -0.15) is 0 Å². The first-order chi connectivity index (χ1) is 10.2. The van der Waals surface area contributed by atoms with Gasteiger partial charge in [-0.25, -0.2) is 9.59 Å². The summed E-state index contributed by atoms with van der Waals surface area (Å²) in [5, 5.41) is 8.51. The van der Waals surface area contributed by atoms with Crippen LogP contribution in [0.25, 0.3) is 0 Å². The first-order valence-corrected chi connectivity index (χ1v) is 6.93. The lowest BCUT2D eigenvalue weighted by Gasteiger charge is -2.04. The molecule has 0 aliphatic carbocycles. The first kappa shape index (κ1) is 19.6. The minimum absolute atomic E-state index is 0.0398. The third kappa shape index (κ3) is 14.8. The van der Waals surface area contributed by atoms with Gasteiger partial charge in [0, 0.05) is 13.2 Å². The van der Waals surface area contributed by atoms with E-state index in [4.69, 9.17) is 19.3 Å². The van der Waals surface area contributed by atoms with Gasteiger partial charge in [-0.05, 0) is 19.8 Å². The van der Waals surface area contributed by atoms with Crippen LogP contribution in [0.4, 0.5) is 0 Å². The summed E-state index contributed by atoms with van der Waals surface area (Å²) >= 11 is 0. The van der Waals surface area contributed by atoms with Crippen LogP contribution in [0, 0.1) is 0 Å². The van der Waals surface area contributed by atoms with E-state index in [1.807, 2.05) is 0 Å². The van der Waals surface area contributed by atoms with E-state index in [9.17, 15) is 9.59 Å². The maximum absolute atomic E-state index is 11.2. The molecule has 0 unspecified atom stereocenters. The molecule has 0 saturated carbocycles. The SMILES string of the molecule is CCOC(=O)COC/C=C/CCOC(=O)COCCCO. The highest BCUT2D eigenvalue weighted by atomic mass is 16.6. The fourth-order valence-electron chi connectivity index (χ4n) is 1.20. The number of aliphatic hydroxyl groups is 1. The Balaban J connectivity index is 3.35.